The summed E-state index contributed by atoms with van der Waals surface area (Å²) in [6.07, 6.45) is -18.0. The summed E-state index contributed by atoms with van der Waals surface area (Å²) in [7, 11) is 0. The van der Waals surface area contributed by atoms with Crippen molar-refractivity contribution in [2.75, 3.05) is 0 Å². The lowest BCUT2D eigenvalue weighted by Gasteiger charge is -2.23. The quantitative estimate of drug-likeness (QED) is 0.152. The van der Waals surface area contributed by atoms with Gasteiger partial charge in [-0.3, -0.25) is 15.0 Å². The number of nitro groups is 1. The van der Waals surface area contributed by atoms with Crippen LogP contribution in [0.1, 0.15) is 40.8 Å². The highest BCUT2D eigenvalue weighted by Gasteiger charge is 2.44. The van der Waals surface area contributed by atoms with Crippen molar-refractivity contribution in [3.05, 3.63) is 71.8 Å². The van der Waals surface area contributed by atoms with Crippen LogP contribution in [0.2, 0.25) is 0 Å². The molecule has 36 heavy (non-hydrogen) atoms. The summed E-state index contributed by atoms with van der Waals surface area (Å²) < 4.78 is 124. The molecule has 0 saturated carbocycles. The molecule has 3 rings (SSSR count). The van der Waals surface area contributed by atoms with Gasteiger partial charge in [-0.1, -0.05) is 0 Å². The fourth-order valence-corrected chi connectivity index (χ4v) is 4.39. The molecular weight excluding hydrogens is 630 g/mol. The van der Waals surface area contributed by atoms with Gasteiger partial charge >= 0.3 is 24.6 Å². The fraction of sp³-hybridized carbons (Fsp3) is 0.350. The molecule has 2 aromatic rings. The van der Waals surface area contributed by atoms with Crippen molar-refractivity contribution < 1.29 is 54.0 Å². The van der Waals surface area contributed by atoms with E-state index in [-0.39, 0.29) is 15.2 Å². The van der Waals surface area contributed by atoms with Crippen molar-refractivity contribution in [3.8, 4) is 0 Å². The van der Waals surface area contributed by atoms with E-state index in [1.54, 1.807) is 0 Å². The SMILES string of the molecule is CC1[C@@H](c2cc(C(F)(F)F)cc([N+](=O)[O-])c2I)OC(=O)N1Cc1cc(C(F)(F)F)cc(C(F)(F)F)c1. The Balaban J connectivity index is 2.03. The molecule has 1 heterocycles. The molecule has 1 unspecified atom stereocenters. The van der Waals surface area contributed by atoms with Gasteiger partial charge in [0.25, 0.3) is 5.69 Å². The Morgan fingerprint density at radius 2 is 1.39 bits per heavy atom. The minimum atomic E-state index is -5.14. The standard InChI is InChI=1S/C20H12F9IN2O4/c1-8-16(13-5-12(20(27,28)29)6-14(15(13)30)32(34)35)36-17(33)31(8)7-9-2-10(18(21,22)23)4-11(3-9)19(24,25)26/h2-6,8,16H,7H2,1H3/t8?,16-/m0/s1. The number of alkyl halides is 9. The molecule has 1 aliphatic heterocycles. The van der Waals surface area contributed by atoms with Gasteiger partial charge in [-0.05, 0) is 59.3 Å². The molecule has 0 spiro atoms. The maximum absolute atomic E-state index is 13.3. The predicted octanol–water partition coefficient (Wildman–Crippen LogP) is 7.34. The molecule has 0 aromatic heterocycles. The Hall–Kier alpha value is -2.79. The second kappa shape index (κ2) is 9.26. The van der Waals surface area contributed by atoms with E-state index in [1.165, 1.54) is 29.5 Å². The van der Waals surface area contributed by atoms with Crippen LogP contribution in [0.5, 0.6) is 0 Å². The first-order chi connectivity index (χ1) is 16.3. The normalized spacial score (nSPS) is 19.0. The number of hydrogen-bond donors (Lipinski definition) is 0. The number of ether oxygens (including phenoxy) is 1. The summed E-state index contributed by atoms with van der Waals surface area (Å²) in [6.45, 7) is 0.428. The Kier molecular flexibility index (Phi) is 7.15. The van der Waals surface area contributed by atoms with Crippen molar-refractivity contribution in [2.24, 2.45) is 0 Å². The second-order valence-corrected chi connectivity index (χ2v) is 8.82. The van der Waals surface area contributed by atoms with Crippen LogP contribution in [-0.4, -0.2) is 22.0 Å². The lowest BCUT2D eigenvalue weighted by Crippen LogP contribution is -2.32. The molecule has 1 fully saturated rings. The van der Waals surface area contributed by atoms with E-state index in [0.29, 0.717) is 24.3 Å². The van der Waals surface area contributed by atoms with Crippen molar-refractivity contribution in [3.63, 3.8) is 0 Å². The number of cyclic esters (lactones) is 1. The minimum absolute atomic E-state index is 0.0951. The van der Waals surface area contributed by atoms with Crippen LogP contribution in [0, 0.1) is 13.7 Å². The molecule has 2 atom stereocenters. The minimum Gasteiger partial charge on any atom is -0.439 e. The summed E-state index contributed by atoms with van der Waals surface area (Å²) in [5, 5.41) is 11.3. The van der Waals surface area contributed by atoms with Crippen LogP contribution in [0.3, 0.4) is 0 Å². The van der Waals surface area contributed by atoms with Crippen LogP contribution >= 0.6 is 22.6 Å². The third-order valence-electron chi connectivity index (χ3n) is 5.30. The Morgan fingerprint density at radius 1 is 0.917 bits per heavy atom. The molecule has 16 heteroatoms. The largest absolute Gasteiger partial charge is 0.439 e. The third-order valence-corrected chi connectivity index (χ3v) is 6.48. The number of halogens is 10. The zero-order valence-corrected chi connectivity index (χ0v) is 19.7. The van der Waals surface area contributed by atoms with Gasteiger partial charge < -0.3 is 4.74 Å². The van der Waals surface area contributed by atoms with Gasteiger partial charge in [-0.2, -0.15) is 39.5 Å². The number of nitro benzene ring substituents is 1. The van der Waals surface area contributed by atoms with E-state index in [9.17, 15) is 54.4 Å². The molecule has 1 amide bonds. The fourth-order valence-electron chi connectivity index (χ4n) is 3.58. The molecule has 0 radical (unpaired) electrons. The molecule has 0 aliphatic carbocycles. The molecule has 1 aliphatic rings. The average Bonchev–Trinajstić information content (AvgIpc) is 2.99. The van der Waals surface area contributed by atoms with E-state index >= 15 is 0 Å². The molecule has 1 saturated heterocycles. The van der Waals surface area contributed by atoms with Crippen LogP contribution in [0.25, 0.3) is 0 Å². The van der Waals surface area contributed by atoms with Gasteiger partial charge in [0.1, 0.15) is 0 Å². The monoisotopic (exact) mass is 642 g/mol. The Morgan fingerprint density at radius 3 is 1.83 bits per heavy atom. The smallest absolute Gasteiger partial charge is 0.416 e. The lowest BCUT2D eigenvalue weighted by atomic mass is 9.99. The van der Waals surface area contributed by atoms with Crippen LogP contribution in [-0.2, 0) is 29.8 Å². The van der Waals surface area contributed by atoms with Gasteiger partial charge in [-0.15, -0.1) is 0 Å². The summed E-state index contributed by atoms with van der Waals surface area (Å²) in [4.78, 5) is 23.4. The number of hydrogen-bond acceptors (Lipinski definition) is 4. The zero-order chi connectivity index (χ0) is 27.4. The number of carbonyl (C=O) groups is 1. The van der Waals surface area contributed by atoms with Gasteiger partial charge in [0.05, 0.1) is 31.2 Å². The van der Waals surface area contributed by atoms with Crippen LogP contribution in [0.4, 0.5) is 50.0 Å². The summed E-state index contributed by atoms with van der Waals surface area (Å²) in [6, 6.07) is 0.341. The molecule has 6 nitrogen and oxygen atoms in total. The van der Waals surface area contributed by atoms with Gasteiger partial charge in [0.15, 0.2) is 6.10 Å². The molecule has 2 aromatic carbocycles. The van der Waals surface area contributed by atoms with Crippen LogP contribution < -0.4 is 0 Å². The number of carbonyl (C=O) groups excluding carboxylic acids is 1. The van der Waals surface area contributed by atoms with E-state index in [0.717, 1.165) is 4.90 Å². The lowest BCUT2D eigenvalue weighted by molar-refractivity contribution is -0.386. The molecular formula is C20H12F9IN2O4. The van der Waals surface area contributed by atoms with Crippen molar-refractivity contribution in [1.82, 2.24) is 4.90 Å². The second-order valence-electron chi connectivity index (χ2n) is 7.74. The molecule has 0 bridgehead atoms. The Labute approximate surface area is 209 Å². The molecule has 196 valence electrons. The summed E-state index contributed by atoms with van der Waals surface area (Å²) >= 11 is 1.40. The number of nitrogens with zero attached hydrogens (tertiary/aromatic N) is 2. The first-order valence-corrected chi connectivity index (χ1v) is 10.7. The van der Waals surface area contributed by atoms with E-state index < -0.39 is 76.2 Å². The maximum Gasteiger partial charge on any atom is 0.416 e. The van der Waals surface area contributed by atoms with E-state index in [4.69, 9.17) is 4.74 Å². The van der Waals surface area contributed by atoms with Crippen LogP contribution in [0.15, 0.2) is 30.3 Å². The third kappa shape index (κ3) is 5.62. The summed E-state index contributed by atoms with van der Waals surface area (Å²) in [5.74, 6) is 0. The molecule has 0 N–H and O–H groups in total. The highest BCUT2D eigenvalue weighted by Crippen LogP contribution is 2.43. The number of rotatable bonds is 4. The van der Waals surface area contributed by atoms with E-state index in [2.05, 4.69) is 0 Å². The average molecular weight is 642 g/mol. The van der Waals surface area contributed by atoms with Gasteiger partial charge in [0, 0.05) is 18.2 Å². The van der Waals surface area contributed by atoms with Crippen molar-refractivity contribution in [1.29, 1.82) is 0 Å². The van der Waals surface area contributed by atoms with Gasteiger partial charge in [0.2, 0.25) is 0 Å². The van der Waals surface area contributed by atoms with Crippen molar-refractivity contribution in [2.45, 2.75) is 44.1 Å². The first kappa shape index (κ1) is 27.8. The first-order valence-electron chi connectivity index (χ1n) is 9.61. The maximum atomic E-state index is 13.3. The summed E-state index contributed by atoms with van der Waals surface area (Å²) in [5.41, 5.74) is -6.51. The topological polar surface area (TPSA) is 72.7 Å². The predicted molar refractivity (Wildman–Crippen MR) is 111 cm³/mol. The number of amides is 1. The highest BCUT2D eigenvalue weighted by atomic mass is 127. The van der Waals surface area contributed by atoms with E-state index in [1.807, 2.05) is 0 Å². The van der Waals surface area contributed by atoms with Gasteiger partial charge in [-0.25, -0.2) is 4.79 Å². The van der Waals surface area contributed by atoms with Crippen molar-refractivity contribution >= 4 is 34.4 Å². The zero-order valence-electron chi connectivity index (χ0n) is 17.6. The Bertz CT molecular complexity index is 1180. The number of benzene rings is 2. The highest BCUT2D eigenvalue weighted by molar-refractivity contribution is 14.1.